The van der Waals surface area contributed by atoms with Gasteiger partial charge in [-0.25, -0.2) is 8.42 Å². The molecule has 0 spiro atoms. The van der Waals surface area contributed by atoms with Crippen LogP contribution < -0.4 is 4.90 Å². The number of hydrogen-bond acceptors (Lipinski definition) is 4. The molecule has 3 aromatic rings. The quantitative estimate of drug-likeness (QED) is 0.711. The third kappa shape index (κ3) is 2.86. The number of fused-ring (bicyclic) bond motifs is 3. The van der Waals surface area contributed by atoms with Crippen molar-refractivity contribution in [2.45, 2.75) is 36.2 Å². The summed E-state index contributed by atoms with van der Waals surface area (Å²) in [6.07, 6.45) is 4.62. The van der Waals surface area contributed by atoms with E-state index in [9.17, 15) is 13.5 Å². The number of H-pyrrole nitrogens is 1. The molecule has 0 amide bonds. The minimum atomic E-state index is -3.56. The van der Waals surface area contributed by atoms with Crippen molar-refractivity contribution in [1.29, 1.82) is 0 Å². The first-order valence-electron chi connectivity index (χ1n) is 9.67. The van der Waals surface area contributed by atoms with Gasteiger partial charge in [0.15, 0.2) is 0 Å². The van der Waals surface area contributed by atoms with E-state index in [2.05, 4.69) is 9.88 Å². The van der Waals surface area contributed by atoms with Crippen molar-refractivity contribution in [3.05, 3.63) is 54.7 Å². The van der Waals surface area contributed by atoms with Gasteiger partial charge in [0.1, 0.15) is 5.75 Å². The Labute approximate surface area is 164 Å². The molecule has 0 unspecified atom stereocenters. The molecule has 2 saturated heterocycles. The van der Waals surface area contributed by atoms with Crippen LogP contribution in [0.2, 0.25) is 0 Å². The number of nitrogens with zero attached hydrogens (tertiary/aromatic N) is 2. The Balaban J connectivity index is 1.47. The lowest BCUT2D eigenvalue weighted by atomic mass is 9.94. The molecule has 2 aliphatic rings. The van der Waals surface area contributed by atoms with Gasteiger partial charge in [0.25, 0.3) is 0 Å². The molecule has 2 aromatic carbocycles. The third-order valence-electron chi connectivity index (χ3n) is 5.97. The van der Waals surface area contributed by atoms with E-state index in [4.69, 9.17) is 0 Å². The van der Waals surface area contributed by atoms with Crippen molar-refractivity contribution in [3.8, 4) is 5.75 Å². The van der Waals surface area contributed by atoms with E-state index in [1.54, 1.807) is 28.6 Å². The molecule has 5 rings (SSSR count). The molecule has 0 saturated carbocycles. The van der Waals surface area contributed by atoms with E-state index >= 15 is 0 Å². The molecule has 2 aliphatic heterocycles. The van der Waals surface area contributed by atoms with E-state index in [-0.39, 0.29) is 17.8 Å². The van der Waals surface area contributed by atoms with E-state index in [1.807, 2.05) is 30.5 Å². The molecule has 2 N–H and O–H groups in total. The lowest BCUT2D eigenvalue weighted by molar-refractivity contribution is 0.155. The second-order valence-electron chi connectivity index (χ2n) is 7.72. The molecule has 28 heavy (non-hydrogen) atoms. The summed E-state index contributed by atoms with van der Waals surface area (Å²) in [5.74, 6) is 0.241. The van der Waals surface area contributed by atoms with Crippen LogP contribution in [0.15, 0.2) is 59.6 Å². The molecule has 1 aromatic heterocycles. The van der Waals surface area contributed by atoms with Gasteiger partial charge < -0.3 is 15.0 Å². The SMILES string of the molecule is O=S(=O)(c1ccc2cc[nH]c2c1)N1[C@@H]2CCC[C@H]1CN(c1ccc(O)cc1)C2. The first-order chi connectivity index (χ1) is 13.5. The number of aromatic amines is 1. The zero-order chi connectivity index (χ0) is 19.3. The maximum Gasteiger partial charge on any atom is 0.243 e. The van der Waals surface area contributed by atoms with Crippen LogP contribution in [0.25, 0.3) is 10.9 Å². The fourth-order valence-corrected chi connectivity index (χ4v) is 6.52. The second-order valence-corrected chi connectivity index (χ2v) is 9.56. The average Bonchev–Trinajstić information content (AvgIpc) is 3.15. The number of hydrogen-bond donors (Lipinski definition) is 2. The van der Waals surface area contributed by atoms with E-state index in [0.717, 1.165) is 35.9 Å². The van der Waals surface area contributed by atoms with Crippen molar-refractivity contribution in [2.24, 2.45) is 0 Å². The summed E-state index contributed by atoms with van der Waals surface area (Å²) in [5, 5.41) is 10.6. The van der Waals surface area contributed by atoms with Crippen LogP contribution in [0.1, 0.15) is 19.3 Å². The van der Waals surface area contributed by atoms with Gasteiger partial charge in [-0.2, -0.15) is 4.31 Å². The van der Waals surface area contributed by atoms with Crippen LogP contribution in [-0.4, -0.2) is 48.0 Å². The predicted molar refractivity (Wildman–Crippen MR) is 109 cm³/mol. The second kappa shape index (κ2) is 6.53. The highest BCUT2D eigenvalue weighted by molar-refractivity contribution is 7.89. The van der Waals surface area contributed by atoms with E-state index in [1.165, 1.54) is 0 Å². The summed E-state index contributed by atoms with van der Waals surface area (Å²) < 4.78 is 28.8. The molecular formula is C21H23N3O3S. The monoisotopic (exact) mass is 397 g/mol. The van der Waals surface area contributed by atoms with Crippen LogP contribution in [0, 0.1) is 0 Å². The van der Waals surface area contributed by atoms with Crippen LogP contribution in [0.3, 0.4) is 0 Å². The van der Waals surface area contributed by atoms with Crippen LogP contribution >= 0.6 is 0 Å². The zero-order valence-electron chi connectivity index (χ0n) is 15.5. The Bertz CT molecular complexity index is 1090. The van der Waals surface area contributed by atoms with Crippen LogP contribution in [0.4, 0.5) is 5.69 Å². The van der Waals surface area contributed by atoms with Crippen molar-refractivity contribution in [3.63, 3.8) is 0 Å². The lowest BCUT2D eigenvalue weighted by Gasteiger charge is -2.49. The molecule has 7 heteroatoms. The first-order valence-corrected chi connectivity index (χ1v) is 11.1. The zero-order valence-corrected chi connectivity index (χ0v) is 16.3. The van der Waals surface area contributed by atoms with Crippen molar-refractivity contribution in [1.82, 2.24) is 9.29 Å². The van der Waals surface area contributed by atoms with Gasteiger partial charge in [-0.15, -0.1) is 0 Å². The minimum absolute atomic E-state index is 0.0364. The summed E-state index contributed by atoms with van der Waals surface area (Å²) in [5.41, 5.74) is 1.87. The van der Waals surface area contributed by atoms with Crippen molar-refractivity contribution >= 4 is 26.6 Å². The van der Waals surface area contributed by atoms with Crippen LogP contribution in [0.5, 0.6) is 5.75 Å². The highest BCUT2D eigenvalue weighted by Gasteiger charge is 2.44. The number of aromatic hydroxyl groups is 1. The van der Waals surface area contributed by atoms with Crippen LogP contribution in [-0.2, 0) is 10.0 Å². The Hall–Kier alpha value is -2.51. The standard InChI is InChI=1S/C21H23N3O3S/c25-19-7-5-16(6-8-19)23-13-17-2-1-3-18(14-23)24(17)28(26,27)20-9-4-15-10-11-22-21(15)12-20/h4-12,17-18,22,25H,1-3,13-14H2/t17-,18+. The number of piperazine rings is 1. The summed E-state index contributed by atoms with van der Waals surface area (Å²) in [4.78, 5) is 5.71. The van der Waals surface area contributed by atoms with Gasteiger partial charge in [-0.05, 0) is 60.7 Å². The van der Waals surface area contributed by atoms with Crippen molar-refractivity contribution < 1.29 is 13.5 Å². The summed E-state index contributed by atoms with van der Waals surface area (Å²) >= 11 is 0. The highest BCUT2D eigenvalue weighted by Crippen LogP contribution is 2.36. The number of aromatic nitrogens is 1. The van der Waals surface area contributed by atoms with E-state index in [0.29, 0.717) is 18.0 Å². The topological polar surface area (TPSA) is 76.6 Å². The van der Waals surface area contributed by atoms with Gasteiger partial charge in [0, 0.05) is 42.6 Å². The number of piperidine rings is 1. The number of sulfonamides is 1. The van der Waals surface area contributed by atoms with Gasteiger partial charge in [0.05, 0.1) is 4.90 Å². The van der Waals surface area contributed by atoms with Crippen molar-refractivity contribution in [2.75, 3.05) is 18.0 Å². The first kappa shape index (κ1) is 17.6. The fourth-order valence-electron chi connectivity index (χ4n) is 4.64. The molecule has 2 atom stereocenters. The molecular weight excluding hydrogens is 374 g/mol. The number of benzene rings is 2. The Morgan fingerprint density at radius 2 is 1.68 bits per heavy atom. The molecule has 3 heterocycles. The van der Waals surface area contributed by atoms with Gasteiger partial charge in [0.2, 0.25) is 10.0 Å². The number of anilines is 1. The van der Waals surface area contributed by atoms with Gasteiger partial charge in [-0.3, -0.25) is 0 Å². The van der Waals surface area contributed by atoms with Gasteiger partial charge in [-0.1, -0.05) is 12.5 Å². The molecule has 2 fully saturated rings. The largest absolute Gasteiger partial charge is 0.508 e. The predicted octanol–water partition coefficient (Wildman–Crippen LogP) is 3.31. The summed E-state index contributed by atoms with van der Waals surface area (Å²) in [6, 6.07) is 14.3. The third-order valence-corrected chi connectivity index (χ3v) is 7.97. The number of phenols is 1. The molecule has 146 valence electrons. The molecule has 6 nitrogen and oxygen atoms in total. The Kier molecular flexibility index (Phi) is 4.10. The molecule has 0 radical (unpaired) electrons. The number of nitrogens with one attached hydrogen (secondary N) is 1. The minimum Gasteiger partial charge on any atom is -0.508 e. The lowest BCUT2D eigenvalue weighted by Crippen LogP contribution is -2.62. The number of rotatable bonds is 3. The smallest absolute Gasteiger partial charge is 0.243 e. The Morgan fingerprint density at radius 3 is 2.39 bits per heavy atom. The Morgan fingerprint density at radius 1 is 0.964 bits per heavy atom. The molecule has 0 aliphatic carbocycles. The average molecular weight is 398 g/mol. The van der Waals surface area contributed by atoms with E-state index < -0.39 is 10.0 Å². The van der Waals surface area contributed by atoms with Gasteiger partial charge >= 0.3 is 0 Å². The fraction of sp³-hybridized carbons (Fsp3) is 0.333. The maximum atomic E-state index is 13.5. The normalized spacial score (nSPS) is 23.2. The maximum absolute atomic E-state index is 13.5. The summed E-state index contributed by atoms with van der Waals surface area (Å²) in [7, 11) is -3.56. The summed E-state index contributed by atoms with van der Waals surface area (Å²) in [6.45, 7) is 1.34. The highest BCUT2D eigenvalue weighted by atomic mass is 32.2. The molecule has 2 bridgehead atoms. The number of phenolic OH excluding ortho intramolecular Hbond substituents is 1.